The Kier molecular flexibility index (Phi) is 4.52. The fourth-order valence-electron chi connectivity index (χ4n) is 2.71. The quantitative estimate of drug-likeness (QED) is 0.760. The molecule has 2 amide bonds. The molecule has 0 aliphatic heterocycles. The summed E-state index contributed by atoms with van der Waals surface area (Å²) in [6, 6.07) is 12.3. The van der Waals surface area contributed by atoms with Crippen molar-refractivity contribution >= 4 is 22.5 Å². The predicted octanol–water partition coefficient (Wildman–Crippen LogP) is 3.89. The molecule has 0 saturated carbocycles. The number of urea groups is 1. The Morgan fingerprint density at radius 1 is 1.12 bits per heavy atom. The third kappa shape index (κ3) is 3.38. The normalized spacial score (nSPS) is 12.0. The predicted molar refractivity (Wildman–Crippen MR) is 96.2 cm³/mol. The number of hydrogen-bond donors (Lipinski definition) is 2. The van der Waals surface area contributed by atoms with Gasteiger partial charge in [-0.3, -0.25) is 4.79 Å². The zero-order valence-corrected chi connectivity index (χ0v) is 13.9. The van der Waals surface area contributed by atoms with Gasteiger partial charge in [0, 0.05) is 24.3 Å². The minimum Gasteiger partial charge on any atom is -0.328 e. The van der Waals surface area contributed by atoms with Crippen LogP contribution in [-0.2, 0) is 0 Å². The fourth-order valence-corrected chi connectivity index (χ4v) is 2.71. The Morgan fingerprint density at radius 2 is 1.76 bits per heavy atom. The Bertz CT molecular complexity index is 966. The van der Waals surface area contributed by atoms with Crippen molar-refractivity contribution in [2.45, 2.75) is 13.0 Å². The highest BCUT2D eigenvalue weighted by molar-refractivity contribution is 5.90. The highest BCUT2D eigenvalue weighted by atomic mass is 19.1. The summed E-state index contributed by atoms with van der Waals surface area (Å²) < 4.78 is 13.0. The van der Waals surface area contributed by atoms with Crippen molar-refractivity contribution in [2.24, 2.45) is 0 Å². The first-order valence-corrected chi connectivity index (χ1v) is 7.87. The maximum Gasteiger partial charge on any atom is 0.322 e. The van der Waals surface area contributed by atoms with Gasteiger partial charge in [-0.1, -0.05) is 18.2 Å². The number of hydrogen-bond acceptors (Lipinski definition) is 2. The highest BCUT2D eigenvalue weighted by Gasteiger charge is 2.20. The maximum absolute atomic E-state index is 13.0. The molecule has 25 heavy (non-hydrogen) atoms. The number of pyridine rings is 1. The minimum atomic E-state index is -0.362. The van der Waals surface area contributed by atoms with Gasteiger partial charge < -0.3 is 15.2 Å². The summed E-state index contributed by atoms with van der Waals surface area (Å²) in [5.41, 5.74) is 1.19. The molecule has 3 rings (SSSR count). The van der Waals surface area contributed by atoms with Crippen LogP contribution in [0.5, 0.6) is 0 Å². The molecule has 0 aliphatic rings. The van der Waals surface area contributed by atoms with Crippen LogP contribution in [0.25, 0.3) is 10.8 Å². The van der Waals surface area contributed by atoms with Crippen LogP contribution in [0.15, 0.2) is 59.5 Å². The average molecular weight is 339 g/mol. The van der Waals surface area contributed by atoms with Crippen molar-refractivity contribution in [3.8, 4) is 0 Å². The third-order valence-electron chi connectivity index (χ3n) is 4.29. The molecule has 2 aromatic carbocycles. The van der Waals surface area contributed by atoms with E-state index in [0.717, 1.165) is 10.9 Å². The first-order valence-electron chi connectivity index (χ1n) is 7.87. The summed E-state index contributed by atoms with van der Waals surface area (Å²) in [5.74, 6) is -0.362. The molecule has 0 fully saturated rings. The van der Waals surface area contributed by atoms with E-state index in [1.54, 1.807) is 25.4 Å². The van der Waals surface area contributed by atoms with E-state index >= 15 is 0 Å². The first-order chi connectivity index (χ1) is 12.0. The molecule has 1 atom stereocenters. The molecule has 6 heteroatoms. The first kappa shape index (κ1) is 16.7. The number of fused-ring (bicyclic) bond motifs is 1. The molecule has 0 unspecified atom stereocenters. The molecule has 3 aromatic rings. The molecule has 128 valence electrons. The van der Waals surface area contributed by atoms with E-state index in [9.17, 15) is 14.0 Å². The van der Waals surface area contributed by atoms with Crippen LogP contribution in [0.4, 0.5) is 14.9 Å². The number of anilines is 1. The molecule has 1 aromatic heterocycles. The van der Waals surface area contributed by atoms with Gasteiger partial charge in [-0.15, -0.1) is 0 Å². The third-order valence-corrected chi connectivity index (χ3v) is 4.29. The van der Waals surface area contributed by atoms with E-state index < -0.39 is 0 Å². The molecule has 0 radical (unpaired) electrons. The summed E-state index contributed by atoms with van der Waals surface area (Å²) in [7, 11) is 1.67. The van der Waals surface area contributed by atoms with Crippen LogP contribution in [0.1, 0.15) is 18.5 Å². The lowest BCUT2D eigenvalue weighted by molar-refractivity contribution is 0.208. The van der Waals surface area contributed by atoms with Gasteiger partial charge in [0.15, 0.2) is 0 Å². The lowest BCUT2D eigenvalue weighted by Gasteiger charge is -2.26. The number of nitrogens with zero attached hydrogens (tertiary/aromatic N) is 1. The number of aromatic nitrogens is 1. The second-order valence-electron chi connectivity index (χ2n) is 5.84. The Morgan fingerprint density at radius 3 is 2.44 bits per heavy atom. The van der Waals surface area contributed by atoms with Gasteiger partial charge in [0.1, 0.15) is 5.82 Å². The van der Waals surface area contributed by atoms with Gasteiger partial charge >= 0.3 is 6.03 Å². The maximum atomic E-state index is 13.0. The van der Waals surface area contributed by atoms with Crippen LogP contribution < -0.4 is 10.9 Å². The van der Waals surface area contributed by atoms with Gasteiger partial charge in [0.05, 0.1) is 6.04 Å². The number of aromatic amines is 1. The van der Waals surface area contributed by atoms with Gasteiger partial charge in [-0.2, -0.15) is 0 Å². The van der Waals surface area contributed by atoms with E-state index in [0.29, 0.717) is 11.1 Å². The number of rotatable bonds is 3. The molecule has 5 nitrogen and oxygen atoms in total. The lowest BCUT2D eigenvalue weighted by atomic mass is 10.0. The standard InChI is InChI=1S/C19H18FN3O2/c1-12(17-11-21-18(24)16-6-4-3-5-15(16)17)23(2)19(25)22-14-9-7-13(20)8-10-14/h3-12H,1-2H3,(H,21,24)(H,22,25)/t12-/m1/s1. The number of benzene rings is 2. The Labute approximate surface area is 144 Å². The summed E-state index contributed by atoms with van der Waals surface area (Å²) >= 11 is 0. The van der Waals surface area contributed by atoms with E-state index in [2.05, 4.69) is 10.3 Å². The van der Waals surface area contributed by atoms with Crippen molar-refractivity contribution in [1.82, 2.24) is 9.88 Å². The van der Waals surface area contributed by atoms with E-state index in [1.165, 1.54) is 29.2 Å². The van der Waals surface area contributed by atoms with E-state index in [4.69, 9.17) is 0 Å². The number of halogens is 1. The van der Waals surface area contributed by atoms with Gasteiger partial charge in [-0.05, 0) is 48.2 Å². The summed E-state index contributed by atoms with van der Waals surface area (Å²) in [4.78, 5) is 28.7. The molecule has 0 bridgehead atoms. The van der Waals surface area contributed by atoms with Crippen molar-refractivity contribution in [3.63, 3.8) is 0 Å². The second-order valence-corrected chi connectivity index (χ2v) is 5.84. The number of amides is 2. The molecular weight excluding hydrogens is 321 g/mol. The van der Waals surface area contributed by atoms with E-state index in [-0.39, 0.29) is 23.4 Å². The van der Waals surface area contributed by atoms with Crippen LogP contribution in [0, 0.1) is 5.82 Å². The van der Waals surface area contributed by atoms with Crippen molar-refractivity contribution in [3.05, 3.63) is 76.5 Å². The van der Waals surface area contributed by atoms with Crippen LogP contribution in [-0.4, -0.2) is 23.0 Å². The lowest BCUT2D eigenvalue weighted by Crippen LogP contribution is -2.34. The van der Waals surface area contributed by atoms with Crippen LogP contribution >= 0.6 is 0 Å². The molecule has 0 saturated heterocycles. The highest BCUT2D eigenvalue weighted by Crippen LogP contribution is 2.25. The molecule has 2 N–H and O–H groups in total. The fraction of sp³-hybridized carbons (Fsp3) is 0.158. The topological polar surface area (TPSA) is 65.2 Å². The molecule has 0 aliphatic carbocycles. The summed E-state index contributed by atoms with van der Waals surface area (Å²) in [6.45, 7) is 1.88. The number of carbonyl (C=O) groups excluding carboxylic acids is 1. The molecule has 0 spiro atoms. The average Bonchev–Trinajstić information content (AvgIpc) is 2.63. The van der Waals surface area contributed by atoms with Crippen molar-refractivity contribution in [1.29, 1.82) is 0 Å². The number of carbonyl (C=O) groups is 1. The molecule has 1 heterocycles. The number of nitrogens with one attached hydrogen (secondary N) is 2. The molecular formula is C19H18FN3O2. The Hall–Kier alpha value is -3.15. The van der Waals surface area contributed by atoms with Gasteiger partial charge in [0.2, 0.25) is 0 Å². The van der Waals surface area contributed by atoms with Crippen LogP contribution in [0.3, 0.4) is 0 Å². The van der Waals surface area contributed by atoms with E-state index in [1.807, 2.05) is 19.1 Å². The summed E-state index contributed by atoms with van der Waals surface area (Å²) in [6.07, 6.45) is 1.64. The smallest absolute Gasteiger partial charge is 0.322 e. The second kappa shape index (κ2) is 6.76. The largest absolute Gasteiger partial charge is 0.328 e. The van der Waals surface area contributed by atoms with Crippen LogP contribution in [0.2, 0.25) is 0 Å². The zero-order chi connectivity index (χ0) is 18.0. The van der Waals surface area contributed by atoms with Gasteiger partial charge in [-0.25, -0.2) is 9.18 Å². The zero-order valence-electron chi connectivity index (χ0n) is 13.9. The SMILES string of the molecule is C[C@H](c1c[nH]c(=O)c2ccccc12)N(C)C(=O)Nc1ccc(F)cc1. The minimum absolute atomic E-state index is 0.162. The monoisotopic (exact) mass is 339 g/mol. The number of H-pyrrole nitrogens is 1. The van der Waals surface area contributed by atoms with Crippen molar-refractivity contribution in [2.75, 3.05) is 12.4 Å². The van der Waals surface area contributed by atoms with Crippen molar-refractivity contribution < 1.29 is 9.18 Å². The van der Waals surface area contributed by atoms with Gasteiger partial charge in [0.25, 0.3) is 5.56 Å². The Balaban J connectivity index is 1.86. The summed E-state index contributed by atoms with van der Waals surface area (Å²) in [5, 5.41) is 4.12.